The van der Waals surface area contributed by atoms with Crippen molar-refractivity contribution in [2.24, 2.45) is 10.8 Å². The maximum atomic E-state index is 15.1. The molecule has 1 saturated carbocycles. The van der Waals surface area contributed by atoms with Crippen LogP contribution in [0.3, 0.4) is 0 Å². The summed E-state index contributed by atoms with van der Waals surface area (Å²) in [5.74, 6) is -1.56. The highest BCUT2D eigenvalue weighted by Crippen LogP contribution is 2.50. The summed E-state index contributed by atoms with van der Waals surface area (Å²) in [5, 5.41) is 0.671. The van der Waals surface area contributed by atoms with E-state index in [0.29, 0.717) is 46.0 Å². The lowest BCUT2D eigenvalue weighted by atomic mass is 9.76. The largest absolute Gasteiger partial charge is 0.464 e. The third kappa shape index (κ3) is 7.26. The third-order valence-electron chi connectivity index (χ3n) is 6.44. The Kier molecular flexibility index (Phi) is 9.15. The lowest BCUT2D eigenvalue weighted by Crippen LogP contribution is -2.37. The lowest BCUT2D eigenvalue weighted by Gasteiger charge is -2.31. The second-order valence-electron chi connectivity index (χ2n) is 11.6. The maximum absolute atomic E-state index is 15.1. The first-order chi connectivity index (χ1) is 17.7. The Morgan fingerprint density at radius 1 is 1.03 bits per heavy atom. The summed E-state index contributed by atoms with van der Waals surface area (Å²) in [6.45, 7) is 9.35. The first kappa shape index (κ1) is 29.9. The zero-order valence-electron chi connectivity index (χ0n) is 22.2. The summed E-state index contributed by atoms with van der Waals surface area (Å²) in [4.78, 5) is 36.7. The van der Waals surface area contributed by atoms with Gasteiger partial charge < -0.3 is 14.2 Å². The van der Waals surface area contributed by atoms with Crippen molar-refractivity contribution in [1.82, 2.24) is 0 Å². The lowest BCUT2D eigenvalue weighted by molar-refractivity contribution is -0.170. The Morgan fingerprint density at radius 2 is 1.71 bits per heavy atom. The number of carbonyl (C=O) groups excluding carboxylic acids is 3. The summed E-state index contributed by atoms with van der Waals surface area (Å²) in [5.41, 5.74) is -0.535. The molecule has 206 valence electrons. The number of hydrogen-bond acceptors (Lipinski definition) is 6. The van der Waals surface area contributed by atoms with Gasteiger partial charge in [0, 0.05) is 5.56 Å². The van der Waals surface area contributed by atoms with Gasteiger partial charge in [-0.1, -0.05) is 62.2 Å². The van der Waals surface area contributed by atoms with E-state index in [-0.39, 0.29) is 25.1 Å². The molecule has 1 aliphatic carbocycles. The summed E-state index contributed by atoms with van der Waals surface area (Å²) >= 11 is 12.0. The number of carbonyl (C=O) groups is 3. The van der Waals surface area contributed by atoms with E-state index in [0.717, 1.165) is 0 Å². The molecule has 0 amide bonds. The zero-order valence-corrected chi connectivity index (χ0v) is 23.7. The highest BCUT2D eigenvalue weighted by Gasteiger charge is 2.53. The zero-order chi connectivity index (χ0) is 28.3. The van der Waals surface area contributed by atoms with Crippen LogP contribution in [0.2, 0.25) is 10.0 Å². The molecule has 38 heavy (non-hydrogen) atoms. The Labute approximate surface area is 232 Å². The van der Waals surface area contributed by atoms with Crippen molar-refractivity contribution in [1.29, 1.82) is 0 Å². The molecule has 0 N–H and O–H groups in total. The molecule has 0 radical (unpaired) electrons. The molecule has 1 aliphatic rings. The highest BCUT2D eigenvalue weighted by molar-refractivity contribution is 6.42. The van der Waals surface area contributed by atoms with Crippen molar-refractivity contribution in [3.8, 4) is 11.1 Å². The monoisotopic (exact) mass is 566 g/mol. The van der Waals surface area contributed by atoms with Crippen molar-refractivity contribution in [2.45, 2.75) is 65.4 Å². The molecule has 0 aromatic heterocycles. The molecule has 2 aromatic carbocycles. The standard InChI is InChI=1S/C29H33Cl2FO6/c1-27(2,3)16-28(4,5)25(34)37-15-20(14-36-17-33)38-26(35)29(10-11-29)19-7-8-21(24(32)13-19)18-6-9-22(30)23(31)12-18/h6-9,12-13,17,20H,10-11,14-16H2,1-5H3. The predicted molar refractivity (Wildman–Crippen MR) is 143 cm³/mol. The number of halogens is 3. The van der Waals surface area contributed by atoms with Crippen LogP contribution in [0.25, 0.3) is 11.1 Å². The molecule has 2 aromatic rings. The Bertz CT molecular complexity index is 1200. The fourth-order valence-corrected chi connectivity index (χ4v) is 5.03. The quantitative estimate of drug-likeness (QED) is 0.167. The van der Waals surface area contributed by atoms with Gasteiger partial charge in [-0.3, -0.25) is 14.4 Å². The van der Waals surface area contributed by atoms with Crippen LogP contribution < -0.4 is 0 Å². The summed E-state index contributed by atoms with van der Waals surface area (Å²) in [6, 6.07) is 9.41. The molecule has 6 nitrogen and oxygen atoms in total. The molecule has 1 unspecified atom stereocenters. The van der Waals surface area contributed by atoms with E-state index in [9.17, 15) is 14.4 Å². The second kappa shape index (κ2) is 11.6. The minimum Gasteiger partial charge on any atom is -0.464 e. The molecule has 0 bridgehead atoms. The van der Waals surface area contributed by atoms with Crippen molar-refractivity contribution >= 4 is 41.6 Å². The van der Waals surface area contributed by atoms with Crippen molar-refractivity contribution in [3.63, 3.8) is 0 Å². The van der Waals surface area contributed by atoms with E-state index >= 15 is 4.39 Å². The van der Waals surface area contributed by atoms with Gasteiger partial charge in [0.05, 0.1) is 20.9 Å². The molecular weight excluding hydrogens is 534 g/mol. The van der Waals surface area contributed by atoms with Gasteiger partial charge in [0.1, 0.15) is 19.0 Å². The van der Waals surface area contributed by atoms with Crippen LogP contribution in [0, 0.1) is 16.6 Å². The van der Waals surface area contributed by atoms with Gasteiger partial charge in [-0.25, -0.2) is 4.39 Å². The Morgan fingerprint density at radius 3 is 2.26 bits per heavy atom. The Balaban J connectivity index is 1.72. The Hall–Kier alpha value is -2.64. The van der Waals surface area contributed by atoms with Crippen LogP contribution in [0.5, 0.6) is 0 Å². The van der Waals surface area contributed by atoms with Crippen molar-refractivity contribution < 1.29 is 33.0 Å². The van der Waals surface area contributed by atoms with Crippen LogP contribution >= 0.6 is 23.2 Å². The van der Waals surface area contributed by atoms with E-state index in [1.165, 1.54) is 6.07 Å². The average Bonchev–Trinajstić information content (AvgIpc) is 3.63. The van der Waals surface area contributed by atoms with E-state index in [1.54, 1.807) is 44.2 Å². The smallest absolute Gasteiger partial charge is 0.317 e. The molecule has 1 fully saturated rings. The SMILES string of the molecule is CC(C)(C)CC(C)(C)C(=O)OCC(COC=O)OC(=O)C1(c2ccc(-c3ccc(Cl)c(Cl)c3)c(F)c2)CC1. The molecule has 9 heteroatoms. The van der Waals surface area contributed by atoms with Gasteiger partial charge in [0.2, 0.25) is 0 Å². The molecule has 0 heterocycles. The number of benzene rings is 2. The first-order valence-corrected chi connectivity index (χ1v) is 13.1. The van der Waals surface area contributed by atoms with Gasteiger partial charge in [0.15, 0.2) is 6.10 Å². The van der Waals surface area contributed by atoms with Crippen molar-refractivity contribution in [3.05, 3.63) is 57.8 Å². The number of esters is 2. The van der Waals surface area contributed by atoms with Gasteiger partial charge in [-0.15, -0.1) is 0 Å². The number of hydrogen-bond donors (Lipinski definition) is 0. The topological polar surface area (TPSA) is 78.9 Å². The van der Waals surface area contributed by atoms with E-state index in [4.69, 9.17) is 37.4 Å². The summed E-state index contributed by atoms with van der Waals surface area (Å²) < 4.78 is 31.0. The van der Waals surface area contributed by atoms with Gasteiger partial charge in [-0.2, -0.15) is 0 Å². The minimum absolute atomic E-state index is 0.0992. The predicted octanol–water partition coefficient (Wildman–Crippen LogP) is 6.92. The van der Waals surface area contributed by atoms with Gasteiger partial charge >= 0.3 is 11.9 Å². The molecule has 1 atom stereocenters. The molecule has 3 rings (SSSR count). The first-order valence-electron chi connectivity index (χ1n) is 12.4. The van der Waals surface area contributed by atoms with Gasteiger partial charge in [-0.05, 0) is 67.9 Å². The molecule has 0 aliphatic heterocycles. The van der Waals surface area contributed by atoms with E-state index < -0.39 is 34.7 Å². The fraction of sp³-hybridized carbons (Fsp3) is 0.483. The van der Waals surface area contributed by atoms with Crippen LogP contribution in [0.15, 0.2) is 36.4 Å². The number of ether oxygens (including phenoxy) is 3. The number of rotatable bonds is 11. The molecular formula is C29H33Cl2FO6. The van der Waals surface area contributed by atoms with E-state index in [2.05, 4.69) is 0 Å². The maximum Gasteiger partial charge on any atom is 0.317 e. The average molecular weight is 567 g/mol. The van der Waals surface area contributed by atoms with Crippen LogP contribution in [-0.4, -0.2) is 37.7 Å². The summed E-state index contributed by atoms with van der Waals surface area (Å²) in [7, 11) is 0. The third-order valence-corrected chi connectivity index (χ3v) is 7.18. The minimum atomic E-state index is -1.02. The second-order valence-corrected chi connectivity index (χ2v) is 12.4. The highest BCUT2D eigenvalue weighted by atomic mass is 35.5. The van der Waals surface area contributed by atoms with Crippen LogP contribution in [0.1, 0.15) is 59.4 Å². The normalized spacial score (nSPS) is 15.4. The van der Waals surface area contributed by atoms with Crippen LogP contribution in [0.4, 0.5) is 4.39 Å². The molecule has 0 saturated heterocycles. The molecule has 0 spiro atoms. The van der Waals surface area contributed by atoms with E-state index in [1.807, 2.05) is 20.8 Å². The van der Waals surface area contributed by atoms with Crippen LogP contribution in [-0.2, 0) is 34.0 Å². The fourth-order valence-electron chi connectivity index (χ4n) is 4.74. The van der Waals surface area contributed by atoms with Gasteiger partial charge in [0.25, 0.3) is 6.47 Å². The summed E-state index contributed by atoms with van der Waals surface area (Å²) in [6.07, 6.45) is 0.523. The van der Waals surface area contributed by atoms with Crippen molar-refractivity contribution in [2.75, 3.05) is 13.2 Å².